The fraction of sp³-hybridized carbons (Fsp3) is 0.579. The Bertz CT molecular complexity index is 608. The summed E-state index contributed by atoms with van der Waals surface area (Å²) in [5.41, 5.74) is 1.05. The zero-order valence-corrected chi connectivity index (χ0v) is 14.7. The molecule has 1 unspecified atom stereocenters. The number of hydrogen-bond acceptors (Lipinski definition) is 4. The fourth-order valence-corrected chi connectivity index (χ4v) is 3.59. The first-order valence-electron chi connectivity index (χ1n) is 9.01. The van der Waals surface area contributed by atoms with Crippen LogP contribution < -0.4 is 15.4 Å². The highest BCUT2D eigenvalue weighted by molar-refractivity contribution is 5.90. The minimum absolute atomic E-state index is 0.0487. The van der Waals surface area contributed by atoms with Gasteiger partial charge in [0.25, 0.3) is 0 Å². The lowest BCUT2D eigenvalue weighted by atomic mass is 9.74. The van der Waals surface area contributed by atoms with E-state index in [4.69, 9.17) is 9.47 Å². The van der Waals surface area contributed by atoms with Gasteiger partial charge in [0.05, 0.1) is 6.61 Å². The average Bonchev–Trinajstić information content (AvgIpc) is 3.08. The van der Waals surface area contributed by atoms with Crippen molar-refractivity contribution in [2.24, 2.45) is 0 Å². The van der Waals surface area contributed by atoms with E-state index in [0.29, 0.717) is 39.2 Å². The molecule has 2 aliphatic rings. The van der Waals surface area contributed by atoms with Gasteiger partial charge in [0.15, 0.2) is 0 Å². The molecule has 1 aromatic rings. The molecule has 0 bridgehead atoms. The lowest BCUT2D eigenvalue weighted by Crippen LogP contribution is -2.49. The van der Waals surface area contributed by atoms with Gasteiger partial charge in [-0.2, -0.15) is 0 Å². The first kappa shape index (κ1) is 17.7. The van der Waals surface area contributed by atoms with Crippen molar-refractivity contribution < 1.29 is 19.1 Å². The molecule has 2 heterocycles. The molecule has 2 saturated heterocycles. The van der Waals surface area contributed by atoms with Gasteiger partial charge in [0.2, 0.25) is 11.8 Å². The fourth-order valence-electron chi connectivity index (χ4n) is 3.59. The van der Waals surface area contributed by atoms with Gasteiger partial charge in [0, 0.05) is 31.6 Å². The van der Waals surface area contributed by atoms with Crippen LogP contribution >= 0.6 is 0 Å². The number of hydrogen-bond donors (Lipinski definition) is 2. The van der Waals surface area contributed by atoms with E-state index in [9.17, 15) is 9.59 Å². The number of nitrogens with one attached hydrogen (secondary N) is 2. The Kier molecular flexibility index (Phi) is 5.58. The average molecular weight is 346 g/mol. The van der Waals surface area contributed by atoms with Gasteiger partial charge in [-0.15, -0.1) is 0 Å². The molecule has 0 radical (unpaired) electrons. The molecule has 0 spiro atoms. The van der Waals surface area contributed by atoms with Crippen LogP contribution in [0.4, 0.5) is 0 Å². The topological polar surface area (TPSA) is 76.7 Å². The van der Waals surface area contributed by atoms with Crippen LogP contribution in [0.1, 0.15) is 38.2 Å². The molecule has 0 aromatic heterocycles. The largest absolute Gasteiger partial charge is 0.494 e. The maximum atomic E-state index is 12.4. The Morgan fingerprint density at radius 1 is 1.32 bits per heavy atom. The molecule has 6 nitrogen and oxygen atoms in total. The minimum atomic E-state index is -0.398. The maximum absolute atomic E-state index is 12.4. The lowest BCUT2D eigenvalue weighted by molar-refractivity contribution is -0.126. The minimum Gasteiger partial charge on any atom is -0.494 e. The highest BCUT2D eigenvalue weighted by Gasteiger charge is 2.36. The zero-order valence-electron chi connectivity index (χ0n) is 14.7. The zero-order chi connectivity index (χ0) is 17.7. The SMILES string of the molecule is CCOc1ccc(C2(CNC(=O)C3CCC(=O)N3)CCOCC2)cc1. The molecule has 2 aliphatic heterocycles. The predicted octanol–water partition coefficient (Wildman–Crippen LogP) is 1.53. The molecule has 2 N–H and O–H groups in total. The highest BCUT2D eigenvalue weighted by Crippen LogP contribution is 2.35. The number of ether oxygens (including phenoxy) is 2. The Morgan fingerprint density at radius 3 is 2.64 bits per heavy atom. The second-order valence-corrected chi connectivity index (χ2v) is 6.73. The summed E-state index contributed by atoms with van der Waals surface area (Å²) in [5, 5.41) is 5.78. The van der Waals surface area contributed by atoms with E-state index < -0.39 is 6.04 Å². The summed E-state index contributed by atoms with van der Waals surface area (Å²) >= 11 is 0. The first-order chi connectivity index (χ1) is 12.1. The van der Waals surface area contributed by atoms with Crippen molar-refractivity contribution >= 4 is 11.8 Å². The van der Waals surface area contributed by atoms with Crippen molar-refractivity contribution in [1.82, 2.24) is 10.6 Å². The molecule has 25 heavy (non-hydrogen) atoms. The highest BCUT2D eigenvalue weighted by atomic mass is 16.5. The van der Waals surface area contributed by atoms with Crippen LogP contribution in [-0.2, 0) is 19.7 Å². The number of carbonyl (C=O) groups is 2. The third kappa shape index (κ3) is 4.12. The Morgan fingerprint density at radius 2 is 2.04 bits per heavy atom. The van der Waals surface area contributed by atoms with Crippen molar-refractivity contribution in [3.63, 3.8) is 0 Å². The summed E-state index contributed by atoms with van der Waals surface area (Å²) in [6, 6.07) is 7.73. The standard InChI is InChI=1S/C19H26N2O4/c1-2-25-15-5-3-14(4-6-15)19(9-11-24-12-10-19)13-20-18(23)16-7-8-17(22)21-16/h3-6,16H,2,7-13H2,1H3,(H,20,23)(H,21,22). The second-order valence-electron chi connectivity index (χ2n) is 6.73. The van der Waals surface area contributed by atoms with Crippen LogP contribution in [0.25, 0.3) is 0 Å². The Balaban J connectivity index is 1.70. The molecule has 0 saturated carbocycles. The molecule has 6 heteroatoms. The molecule has 2 fully saturated rings. The lowest BCUT2D eigenvalue weighted by Gasteiger charge is -2.38. The monoisotopic (exact) mass is 346 g/mol. The van der Waals surface area contributed by atoms with Gasteiger partial charge in [-0.1, -0.05) is 12.1 Å². The van der Waals surface area contributed by atoms with E-state index in [1.54, 1.807) is 0 Å². The summed E-state index contributed by atoms with van der Waals surface area (Å²) in [7, 11) is 0. The van der Waals surface area contributed by atoms with Crippen molar-refractivity contribution in [2.75, 3.05) is 26.4 Å². The number of amides is 2. The Labute approximate surface area is 148 Å². The molecule has 1 aromatic carbocycles. The third-order valence-corrected chi connectivity index (χ3v) is 5.14. The molecular formula is C19H26N2O4. The first-order valence-corrected chi connectivity index (χ1v) is 9.01. The van der Waals surface area contributed by atoms with E-state index in [1.165, 1.54) is 5.56 Å². The smallest absolute Gasteiger partial charge is 0.242 e. The van der Waals surface area contributed by atoms with Crippen molar-refractivity contribution in [3.8, 4) is 5.75 Å². The van der Waals surface area contributed by atoms with E-state index in [-0.39, 0.29) is 17.2 Å². The maximum Gasteiger partial charge on any atom is 0.242 e. The number of rotatable bonds is 6. The predicted molar refractivity (Wildman–Crippen MR) is 93.5 cm³/mol. The van der Waals surface area contributed by atoms with E-state index in [1.807, 2.05) is 19.1 Å². The van der Waals surface area contributed by atoms with Crippen molar-refractivity contribution in [2.45, 2.75) is 44.1 Å². The molecule has 1 atom stereocenters. The van der Waals surface area contributed by atoms with Gasteiger partial charge in [-0.25, -0.2) is 0 Å². The van der Waals surface area contributed by atoms with Gasteiger partial charge in [-0.3, -0.25) is 9.59 Å². The van der Waals surface area contributed by atoms with Crippen LogP contribution in [0.15, 0.2) is 24.3 Å². The van der Waals surface area contributed by atoms with E-state index >= 15 is 0 Å². The van der Waals surface area contributed by atoms with E-state index in [2.05, 4.69) is 22.8 Å². The summed E-state index contributed by atoms with van der Waals surface area (Å²) < 4.78 is 11.1. The number of carbonyl (C=O) groups excluding carboxylic acids is 2. The van der Waals surface area contributed by atoms with Crippen LogP contribution in [0.3, 0.4) is 0 Å². The summed E-state index contributed by atoms with van der Waals surface area (Å²) in [4.78, 5) is 23.7. The van der Waals surface area contributed by atoms with Gasteiger partial charge >= 0.3 is 0 Å². The van der Waals surface area contributed by atoms with Gasteiger partial charge in [-0.05, 0) is 43.9 Å². The number of benzene rings is 1. The van der Waals surface area contributed by atoms with Crippen LogP contribution in [0.2, 0.25) is 0 Å². The molecule has 2 amide bonds. The molecule has 3 rings (SSSR count). The van der Waals surface area contributed by atoms with Crippen molar-refractivity contribution in [1.29, 1.82) is 0 Å². The quantitative estimate of drug-likeness (QED) is 0.819. The normalized spacial score (nSPS) is 22.3. The molecular weight excluding hydrogens is 320 g/mol. The second kappa shape index (κ2) is 7.87. The summed E-state index contributed by atoms with van der Waals surface area (Å²) in [6.07, 6.45) is 2.72. The van der Waals surface area contributed by atoms with Gasteiger partial charge in [0.1, 0.15) is 11.8 Å². The van der Waals surface area contributed by atoms with Crippen LogP contribution in [-0.4, -0.2) is 44.2 Å². The summed E-state index contributed by atoms with van der Waals surface area (Å²) in [5.74, 6) is 0.709. The van der Waals surface area contributed by atoms with Gasteiger partial charge < -0.3 is 20.1 Å². The summed E-state index contributed by atoms with van der Waals surface area (Å²) in [6.45, 7) is 4.52. The molecule has 0 aliphatic carbocycles. The van der Waals surface area contributed by atoms with Crippen LogP contribution in [0.5, 0.6) is 5.75 Å². The molecule has 136 valence electrons. The van der Waals surface area contributed by atoms with Crippen molar-refractivity contribution in [3.05, 3.63) is 29.8 Å². The third-order valence-electron chi connectivity index (χ3n) is 5.14. The van der Waals surface area contributed by atoms with E-state index in [0.717, 1.165) is 18.6 Å². The van der Waals surface area contributed by atoms with Crippen LogP contribution in [0, 0.1) is 0 Å². The Hall–Kier alpha value is -2.08.